The first-order chi connectivity index (χ1) is 14.0. The van der Waals surface area contributed by atoms with Crippen LogP contribution < -0.4 is 4.74 Å². The van der Waals surface area contributed by atoms with Crippen LogP contribution in [0.25, 0.3) is 0 Å². The molecule has 2 fully saturated rings. The highest BCUT2D eigenvalue weighted by atomic mass is 19.3. The Labute approximate surface area is 167 Å². The molecule has 0 unspecified atom stereocenters. The lowest BCUT2D eigenvalue weighted by Gasteiger charge is -2.37. The molecule has 29 heavy (non-hydrogen) atoms. The summed E-state index contributed by atoms with van der Waals surface area (Å²) in [6.07, 6.45) is 1.91. The van der Waals surface area contributed by atoms with Gasteiger partial charge in [-0.05, 0) is 30.5 Å². The maximum atomic E-state index is 13.8. The fourth-order valence-corrected chi connectivity index (χ4v) is 3.53. The van der Waals surface area contributed by atoms with Gasteiger partial charge in [0.05, 0.1) is 32.3 Å². The summed E-state index contributed by atoms with van der Waals surface area (Å²) in [7, 11) is 0. The van der Waals surface area contributed by atoms with Crippen molar-refractivity contribution in [3.8, 4) is 5.75 Å². The predicted molar refractivity (Wildman–Crippen MR) is 94.6 cm³/mol. The Morgan fingerprint density at radius 1 is 0.966 bits per heavy atom. The highest BCUT2D eigenvalue weighted by Gasteiger charge is 2.33. The lowest BCUT2D eigenvalue weighted by Crippen LogP contribution is -2.44. The number of rotatable bonds is 8. The Morgan fingerprint density at radius 2 is 1.59 bits per heavy atom. The van der Waals surface area contributed by atoms with Gasteiger partial charge < -0.3 is 23.7 Å². The average Bonchev–Trinajstić information content (AvgIpc) is 2.70. The third kappa shape index (κ3) is 6.28. The standard InChI is InChI=1S/C20H26F4O5/c1-2-3-13-8-27-19(28-9-13)14-10-25-17(26-11-14)5-4-12-6-15(21)18(16(22)7-12)29-20(23)24/h6-7,13-14,17,19-20H,2-5,8-11H2,1H3. The van der Waals surface area contributed by atoms with Crippen LogP contribution in [0.5, 0.6) is 5.75 Å². The highest BCUT2D eigenvalue weighted by Crippen LogP contribution is 2.28. The van der Waals surface area contributed by atoms with Crippen molar-refractivity contribution in [3.05, 3.63) is 29.3 Å². The van der Waals surface area contributed by atoms with Gasteiger partial charge in [0.1, 0.15) is 0 Å². The van der Waals surface area contributed by atoms with Gasteiger partial charge in [0, 0.05) is 12.3 Å². The molecule has 0 atom stereocenters. The Hall–Kier alpha value is -1.42. The lowest BCUT2D eigenvalue weighted by molar-refractivity contribution is -0.281. The van der Waals surface area contributed by atoms with Crippen molar-refractivity contribution in [2.45, 2.75) is 51.8 Å². The van der Waals surface area contributed by atoms with Gasteiger partial charge in [-0.15, -0.1) is 0 Å². The molecule has 0 N–H and O–H groups in total. The maximum Gasteiger partial charge on any atom is 0.387 e. The first kappa shape index (κ1) is 22.3. The fourth-order valence-electron chi connectivity index (χ4n) is 3.53. The molecule has 1 aromatic rings. The molecule has 1 aromatic carbocycles. The Bertz CT molecular complexity index is 621. The van der Waals surface area contributed by atoms with Crippen LogP contribution in [-0.4, -0.2) is 45.6 Å². The molecule has 2 heterocycles. The summed E-state index contributed by atoms with van der Waals surface area (Å²) < 4.78 is 78.7. The van der Waals surface area contributed by atoms with Gasteiger partial charge in [-0.3, -0.25) is 0 Å². The van der Waals surface area contributed by atoms with Crippen molar-refractivity contribution in [1.29, 1.82) is 0 Å². The molecule has 0 radical (unpaired) electrons. The first-order valence-electron chi connectivity index (χ1n) is 9.85. The number of halogens is 4. The molecule has 0 aromatic heterocycles. The van der Waals surface area contributed by atoms with Crippen LogP contribution in [0, 0.1) is 23.5 Å². The normalized spacial score (nSPS) is 27.9. The molecule has 2 aliphatic heterocycles. The average molecular weight is 422 g/mol. The van der Waals surface area contributed by atoms with Crippen molar-refractivity contribution in [2.24, 2.45) is 11.8 Å². The quantitative estimate of drug-likeness (QED) is 0.586. The molecule has 164 valence electrons. The van der Waals surface area contributed by atoms with E-state index in [1.165, 1.54) is 0 Å². The zero-order valence-corrected chi connectivity index (χ0v) is 16.3. The second kappa shape index (κ2) is 10.6. The minimum Gasteiger partial charge on any atom is -0.429 e. The molecule has 0 spiro atoms. The number of ether oxygens (including phenoxy) is 5. The van der Waals surface area contributed by atoms with Gasteiger partial charge in [-0.25, -0.2) is 8.78 Å². The van der Waals surface area contributed by atoms with E-state index in [-0.39, 0.29) is 18.6 Å². The van der Waals surface area contributed by atoms with Crippen LogP contribution in [0.4, 0.5) is 17.6 Å². The molecule has 0 bridgehead atoms. The summed E-state index contributed by atoms with van der Waals surface area (Å²) in [5.74, 6) is -3.02. The Kier molecular flexibility index (Phi) is 8.11. The molecule has 3 rings (SSSR count). The van der Waals surface area contributed by atoms with Gasteiger partial charge in [-0.1, -0.05) is 13.3 Å². The molecule has 2 aliphatic rings. The van der Waals surface area contributed by atoms with Gasteiger partial charge in [0.15, 0.2) is 30.0 Å². The van der Waals surface area contributed by atoms with E-state index in [0.717, 1.165) is 25.0 Å². The minimum atomic E-state index is -3.29. The minimum absolute atomic E-state index is 0.0329. The van der Waals surface area contributed by atoms with Crippen molar-refractivity contribution in [1.82, 2.24) is 0 Å². The predicted octanol–water partition coefficient (Wildman–Crippen LogP) is 4.28. The molecule has 0 saturated carbocycles. The molecule has 5 nitrogen and oxygen atoms in total. The van der Waals surface area contributed by atoms with E-state index in [2.05, 4.69) is 11.7 Å². The van der Waals surface area contributed by atoms with Gasteiger partial charge in [-0.2, -0.15) is 8.78 Å². The fraction of sp³-hybridized carbons (Fsp3) is 0.700. The van der Waals surface area contributed by atoms with E-state index in [1.54, 1.807) is 0 Å². The Balaban J connectivity index is 1.42. The van der Waals surface area contributed by atoms with Crippen molar-refractivity contribution in [2.75, 3.05) is 26.4 Å². The van der Waals surface area contributed by atoms with Crippen LogP contribution >= 0.6 is 0 Å². The highest BCUT2D eigenvalue weighted by molar-refractivity contribution is 5.31. The molecule has 0 amide bonds. The number of benzene rings is 1. The monoisotopic (exact) mass is 422 g/mol. The first-order valence-corrected chi connectivity index (χ1v) is 9.85. The second-order valence-corrected chi connectivity index (χ2v) is 7.35. The van der Waals surface area contributed by atoms with Crippen LogP contribution in [-0.2, 0) is 25.4 Å². The van der Waals surface area contributed by atoms with Crippen molar-refractivity contribution in [3.63, 3.8) is 0 Å². The second-order valence-electron chi connectivity index (χ2n) is 7.35. The van der Waals surface area contributed by atoms with Crippen molar-refractivity contribution >= 4 is 0 Å². The van der Waals surface area contributed by atoms with Gasteiger partial charge >= 0.3 is 6.61 Å². The van der Waals surface area contributed by atoms with E-state index in [1.807, 2.05) is 0 Å². The van der Waals surface area contributed by atoms with E-state index in [0.29, 0.717) is 44.3 Å². The van der Waals surface area contributed by atoms with E-state index in [4.69, 9.17) is 18.9 Å². The van der Waals surface area contributed by atoms with Crippen LogP contribution in [0.15, 0.2) is 12.1 Å². The van der Waals surface area contributed by atoms with Crippen LogP contribution in [0.2, 0.25) is 0 Å². The molecule has 2 saturated heterocycles. The zero-order valence-electron chi connectivity index (χ0n) is 16.3. The summed E-state index contributed by atoms with van der Waals surface area (Å²) in [5.41, 5.74) is 0.303. The molecule has 9 heteroatoms. The summed E-state index contributed by atoms with van der Waals surface area (Å²) in [4.78, 5) is 0. The van der Waals surface area contributed by atoms with E-state index < -0.39 is 30.3 Å². The number of aryl methyl sites for hydroxylation is 1. The number of alkyl halides is 2. The third-order valence-electron chi connectivity index (χ3n) is 5.00. The van der Waals surface area contributed by atoms with Gasteiger partial charge in [0.25, 0.3) is 0 Å². The Morgan fingerprint density at radius 3 is 2.14 bits per heavy atom. The van der Waals surface area contributed by atoms with Crippen LogP contribution in [0.3, 0.4) is 0 Å². The summed E-state index contributed by atoms with van der Waals surface area (Å²) in [6.45, 7) is 0.969. The van der Waals surface area contributed by atoms with Crippen molar-refractivity contribution < 1.29 is 41.2 Å². The largest absolute Gasteiger partial charge is 0.429 e. The third-order valence-corrected chi connectivity index (χ3v) is 5.00. The molecular weight excluding hydrogens is 396 g/mol. The van der Waals surface area contributed by atoms with Gasteiger partial charge in [0.2, 0.25) is 0 Å². The van der Waals surface area contributed by atoms with E-state index >= 15 is 0 Å². The van der Waals surface area contributed by atoms with Crippen LogP contribution in [0.1, 0.15) is 31.7 Å². The smallest absolute Gasteiger partial charge is 0.387 e. The number of hydrogen-bond donors (Lipinski definition) is 0. The number of hydrogen-bond acceptors (Lipinski definition) is 5. The molecular formula is C20H26F4O5. The van der Waals surface area contributed by atoms with E-state index in [9.17, 15) is 17.6 Å². The SMILES string of the molecule is CCCC1COC(C2COC(CCc3cc(F)c(OC(F)F)c(F)c3)OC2)OC1. The maximum absolute atomic E-state index is 13.8. The topological polar surface area (TPSA) is 46.2 Å². The summed E-state index contributed by atoms with van der Waals surface area (Å²) >= 11 is 0. The summed E-state index contributed by atoms with van der Waals surface area (Å²) in [5, 5.41) is 0. The summed E-state index contributed by atoms with van der Waals surface area (Å²) in [6, 6.07) is 1.95. The lowest BCUT2D eigenvalue weighted by atomic mass is 10.0. The molecule has 0 aliphatic carbocycles. The zero-order chi connectivity index (χ0) is 20.8.